The molecule has 0 saturated heterocycles. The maximum atomic E-state index is 13.3. The Balaban J connectivity index is 1.96. The SMILES string of the molecule is O=[N+]([O-])c1ccc(Oc2ccc([N+](=O)[O-])cc2-c2c(Cl)cc(C(F)(F)F)cc2Cl)c(-c2c(Cl)cc(C(F)(F)F)cc2Cl)c1. The van der Waals surface area contributed by atoms with E-state index in [1.165, 1.54) is 0 Å². The van der Waals surface area contributed by atoms with Gasteiger partial charge >= 0.3 is 12.4 Å². The monoisotopic (exact) mass is 684 g/mol. The summed E-state index contributed by atoms with van der Waals surface area (Å²) in [7, 11) is 0. The van der Waals surface area contributed by atoms with Crippen LogP contribution in [0.4, 0.5) is 37.7 Å². The van der Waals surface area contributed by atoms with Gasteiger partial charge in [0.15, 0.2) is 0 Å². The van der Waals surface area contributed by atoms with E-state index in [1.54, 1.807) is 0 Å². The highest BCUT2D eigenvalue weighted by atomic mass is 35.5. The van der Waals surface area contributed by atoms with E-state index in [-0.39, 0.29) is 33.8 Å². The standard InChI is InChI=1S/C26H10Cl4F6N2O5/c27-17-5-11(25(31,32)33)6-18(28)23(17)15-9-13(37(39)40)1-3-21(15)43-22-4-2-14(38(41)42)10-16(22)24-19(29)7-12(8-20(24)30)26(34,35)36/h1-10H. The molecular formula is C26H10Cl4F6N2O5. The van der Waals surface area contributed by atoms with Crippen molar-refractivity contribution in [1.29, 1.82) is 0 Å². The van der Waals surface area contributed by atoms with Crippen molar-refractivity contribution in [2.75, 3.05) is 0 Å². The summed E-state index contributed by atoms with van der Waals surface area (Å²) < 4.78 is 85.7. The summed E-state index contributed by atoms with van der Waals surface area (Å²) in [4.78, 5) is 21.4. The van der Waals surface area contributed by atoms with E-state index in [0.29, 0.717) is 24.3 Å². The van der Waals surface area contributed by atoms with E-state index < -0.39 is 64.8 Å². The molecule has 0 fully saturated rings. The van der Waals surface area contributed by atoms with Crippen molar-refractivity contribution in [3.63, 3.8) is 0 Å². The summed E-state index contributed by atoms with van der Waals surface area (Å²) >= 11 is 24.6. The molecule has 4 aromatic rings. The molecule has 0 bridgehead atoms. The van der Waals surface area contributed by atoms with Gasteiger partial charge in [0.05, 0.1) is 41.1 Å². The lowest BCUT2D eigenvalue weighted by Gasteiger charge is -2.18. The molecule has 7 nitrogen and oxygen atoms in total. The maximum Gasteiger partial charge on any atom is 0.416 e. The zero-order chi connectivity index (χ0) is 32.0. The summed E-state index contributed by atoms with van der Waals surface area (Å²) in [5.74, 6) is -0.577. The van der Waals surface area contributed by atoms with Crippen LogP contribution in [0.15, 0.2) is 60.7 Å². The first-order valence-electron chi connectivity index (χ1n) is 11.3. The second-order valence-corrected chi connectivity index (χ2v) is 10.2. The number of nitro groups is 2. The van der Waals surface area contributed by atoms with Crippen molar-refractivity contribution in [3.05, 3.63) is 112 Å². The number of halogens is 10. The number of nitrogens with zero attached hydrogens (tertiary/aromatic N) is 2. The Labute approximate surface area is 256 Å². The molecular weight excluding hydrogens is 676 g/mol. The number of alkyl halides is 6. The molecule has 0 aliphatic heterocycles. The largest absolute Gasteiger partial charge is 0.456 e. The van der Waals surface area contributed by atoms with E-state index in [0.717, 1.165) is 36.4 Å². The molecule has 17 heteroatoms. The van der Waals surface area contributed by atoms with Gasteiger partial charge in [-0.3, -0.25) is 20.2 Å². The van der Waals surface area contributed by atoms with Gasteiger partial charge in [-0.2, -0.15) is 26.3 Å². The third-order valence-corrected chi connectivity index (χ3v) is 7.04. The zero-order valence-corrected chi connectivity index (χ0v) is 23.5. The van der Waals surface area contributed by atoms with Crippen molar-refractivity contribution < 1.29 is 40.9 Å². The van der Waals surface area contributed by atoms with Crippen LogP contribution in [-0.4, -0.2) is 9.85 Å². The van der Waals surface area contributed by atoms with Gasteiger partial charge < -0.3 is 4.74 Å². The minimum Gasteiger partial charge on any atom is -0.456 e. The van der Waals surface area contributed by atoms with Crippen LogP contribution in [0, 0.1) is 20.2 Å². The zero-order valence-electron chi connectivity index (χ0n) is 20.5. The number of benzene rings is 4. The van der Waals surface area contributed by atoms with Crippen molar-refractivity contribution in [2.24, 2.45) is 0 Å². The number of hydrogen-bond acceptors (Lipinski definition) is 5. The van der Waals surface area contributed by atoms with E-state index in [4.69, 9.17) is 51.1 Å². The van der Waals surface area contributed by atoms with Gasteiger partial charge in [0.1, 0.15) is 11.5 Å². The minimum absolute atomic E-state index is 0.258. The molecule has 4 aromatic carbocycles. The summed E-state index contributed by atoms with van der Waals surface area (Å²) in [5.41, 5.74) is -4.57. The van der Waals surface area contributed by atoms with E-state index in [2.05, 4.69) is 0 Å². The van der Waals surface area contributed by atoms with Crippen LogP contribution in [0.2, 0.25) is 20.1 Å². The second-order valence-electron chi connectivity index (χ2n) is 8.60. The second kappa shape index (κ2) is 11.7. The fourth-order valence-electron chi connectivity index (χ4n) is 3.94. The van der Waals surface area contributed by atoms with Gasteiger partial charge in [0, 0.05) is 46.5 Å². The molecule has 0 aliphatic carbocycles. The van der Waals surface area contributed by atoms with Gasteiger partial charge in [-0.1, -0.05) is 46.4 Å². The molecule has 0 N–H and O–H groups in total. The number of rotatable bonds is 6. The molecule has 0 amide bonds. The summed E-state index contributed by atoms with van der Waals surface area (Å²) in [6.07, 6.45) is -9.66. The molecule has 0 radical (unpaired) electrons. The predicted molar refractivity (Wildman–Crippen MR) is 147 cm³/mol. The van der Waals surface area contributed by atoms with Crippen molar-refractivity contribution in [2.45, 2.75) is 12.4 Å². The Morgan fingerprint density at radius 3 is 1.12 bits per heavy atom. The van der Waals surface area contributed by atoms with Crippen LogP contribution in [0.3, 0.4) is 0 Å². The van der Waals surface area contributed by atoms with Crippen LogP contribution in [0.1, 0.15) is 11.1 Å². The average molecular weight is 686 g/mol. The smallest absolute Gasteiger partial charge is 0.416 e. The first kappa shape index (κ1) is 32.1. The molecule has 0 saturated carbocycles. The van der Waals surface area contributed by atoms with Gasteiger partial charge in [0.2, 0.25) is 0 Å². The molecule has 0 aromatic heterocycles. The quantitative estimate of drug-likeness (QED) is 0.114. The fourth-order valence-corrected chi connectivity index (χ4v) is 5.32. The molecule has 0 heterocycles. The van der Waals surface area contributed by atoms with Crippen molar-refractivity contribution >= 4 is 57.8 Å². The number of nitro benzene ring substituents is 2. The number of ether oxygens (including phenoxy) is 1. The lowest BCUT2D eigenvalue weighted by Crippen LogP contribution is -2.05. The third kappa shape index (κ3) is 6.74. The lowest BCUT2D eigenvalue weighted by atomic mass is 10.00. The highest BCUT2D eigenvalue weighted by molar-refractivity contribution is 6.40. The first-order chi connectivity index (χ1) is 19.9. The maximum absolute atomic E-state index is 13.3. The molecule has 0 unspecified atom stereocenters. The average Bonchev–Trinajstić information content (AvgIpc) is 2.88. The summed E-state index contributed by atoms with van der Waals surface area (Å²) in [6, 6.07) is 8.08. The van der Waals surface area contributed by atoms with Gasteiger partial charge in [-0.05, 0) is 36.4 Å². The lowest BCUT2D eigenvalue weighted by molar-refractivity contribution is -0.385. The van der Waals surface area contributed by atoms with Crippen LogP contribution in [0.5, 0.6) is 11.5 Å². The van der Waals surface area contributed by atoms with Gasteiger partial charge in [-0.25, -0.2) is 0 Å². The van der Waals surface area contributed by atoms with Crippen LogP contribution in [0.25, 0.3) is 22.3 Å². The Morgan fingerprint density at radius 2 is 0.860 bits per heavy atom. The molecule has 0 aliphatic rings. The summed E-state index contributed by atoms with van der Waals surface area (Å²) in [6.45, 7) is 0. The summed E-state index contributed by atoms with van der Waals surface area (Å²) in [5, 5.41) is 20.8. The molecule has 0 spiro atoms. The Morgan fingerprint density at radius 1 is 0.558 bits per heavy atom. The highest BCUT2D eigenvalue weighted by Crippen LogP contribution is 2.49. The fraction of sp³-hybridized carbons (Fsp3) is 0.0769. The van der Waals surface area contributed by atoms with E-state index >= 15 is 0 Å². The molecule has 4 rings (SSSR count). The number of hydrogen-bond donors (Lipinski definition) is 0. The van der Waals surface area contributed by atoms with E-state index in [9.17, 15) is 46.6 Å². The van der Waals surface area contributed by atoms with Crippen molar-refractivity contribution in [3.8, 4) is 33.8 Å². The number of non-ortho nitro benzene ring substituents is 2. The Hall–Kier alpha value is -3.78. The topological polar surface area (TPSA) is 95.5 Å². The van der Waals surface area contributed by atoms with E-state index in [1.807, 2.05) is 0 Å². The molecule has 224 valence electrons. The van der Waals surface area contributed by atoms with Crippen molar-refractivity contribution in [1.82, 2.24) is 0 Å². The molecule has 0 atom stereocenters. The van der Waals surface area contributed by atoms with Crippen LogP contribution < -0.4 is 4.74 Å². The van der Waals surface area contributed by atoms with Crippen LogP contribution in [-0.2, 0) is 12.4 Å². The Kier molecular flexibility index (Phi) is 8.76. The normalized spacial score (nSPS) is 11.9. The predicted octanol–water partition coefficient (Wildman–Crippen LogP) is 11.3. The minimum atomic E-state index is -4.83. The Bertz CT molecular complexity index is 1620. The van der Waals surface area contributed by atoms with Gasteiger partial charge in [0.25, 0.3) is 11.4 Å². The molecule has 43 heavy (non-hydrogen) atoms. The third-order valence-electron chi connectivity index (χ3n) is 5.85. The van der Waals surface area contributed by atoms with Gasteiger partial charge in [-0.15, -0.1) is 0 Å². The first-order valence-corrected chi connectivity index (χ1v) is 12.8. The highest BCUT2D eigenvalue weighted by Gasteiger charge is 2.34. The van der Waals surface area contributed by atoms with Crippen LogP contribution >= 0.6 is 46.4 Å².